The second-order valence-corrected chi connectivity index (χ2v) is 6.62. The zero-order chi connectivity index (χ0) is 13.8. The lowest BCUT2D eigenvalue weighted by atomic mass is 10.1. The third kappa shape index (κ3) is 3.28. The summed E-state index contributed by atoms with van der Waals surface area (Å²) in [5.74, 6) is 2.17. The minimum atomic E-state index is -0.828. The van der Waals surface area contributed by atoms with Crippen molar-refractivity contribution in [1.82, 2.24) is 5.32 Å². The van der Waals surface area contributed by atoms with Crippen LogP contribution in [0.5, 0.6) is 11.5 Å². The normalized spacial score (nSPS) is 18.1. The number of rotatable bonds is 6. The summed E-state index contributed by atoms with van der Waals surface area (Å²) in [5, 5.41) is 3.46. The summed E-state index contributed by atoms with van der Waals surface area (Å²) in [6.45, 7) is 4.38. The third-order valence-electron chi connectivity index (χ3n) is 3.50. The summed E-state index contributed by atoms with van der Waals surface area (Å²) in [6, 6.07) is 5.96. The molecule has 0 amide bonds. The van der Waals surface area contributed by atoms with Crippen LogP contribution in [0.4, 0.5) is 0 Å². The van der Waals surface area contributed by atoms with E-state index >= 15 is 0 Å². The van der Waals surface area contributed by atoms with E-state index in [4.69, 9.17) is 9.47 Å². The van der Waals surface area contributed by atoms with Gasteiger partial charge in [0.05, 0.1) is 0 Å². The lowest BCUT2D eigenvalue weighted by Gasteiger charge is -2.18. The van der Waals surface area contributed by atoms with Crippen LogP contribution in [0, 0.1) is 0 Å². The van der Waals surface area contributed by atoms with E-state index in [1.807, 2.05) is 32.2 Å². The Balaban J connectivity index is 2.11. The monoisotopic (exact) mass is 283 g/mol. The molecule has 3 atom stereocenters. The van der Waals surface area contributed by atoms with Gasteiger partial charge in [-0.3, -0.25) is 4.21 Å². The van der Waals surface area contributed by atoms with Gasteiger partial charge >= 0.3 is 0 Å². The molecular weight excluding hydrogens is 262 g/mol. The highest BCUT2D eigenvalue weighted by Gasteiger charge is 2.20. The molecule has 1 aliphatic heterocycles. The molecule has 5 heteroatoms. The molecule has 2 rings (SSSR count). The molecule has 1 aromatic rings. The number of hydrogen-bond donors (Lipinski definition) is 1. The van der Waals surface area contributed by atoms with Crippen molar-refractivity contribution in [3.8, 4) is 11.5 Å². The van der Waals surface area contributed by atoms with E-state index in [1.165, 1.54) is 0 Å². The fraction of sp³-hybridized carbons (Fsp3) is 0.571. The number of hydrogen-bond acceptors (Lipinski definition) is 4. The molecule has 0 radical (unpaired) electrons. The Morgan fingerprint density at radius 2 is 2.11 bits per heavy atom. The molecule has 4 nitrogen and oxygen atoms in total. The molecule has 19 heavy (non-hydrogen) atoms. The maximum absolute atomic E-state index is 12.2. The van der Waals surface area contributed by atoms with E-state index in [-0.39, 0.29) is 18.1 Å². The second kappa shape index (κ2) is 6.39. The van der Waals surface area contributed by atoms with Gasteiger partial charge in [0.25, 0.3) is 0 Å². The molecule has 1 heterocycles. The summed E-state index contributed by atoms with van der Waals surface area (Å²) in [5.41, 5.74) is 1.09. The molecule has 3 unspecified atom stereocenters. The van der Waals surface area contributed by atoms with Gasteiger partial charge in [-0.15, -0.1) is 0 Å². The zero-order valence-corrected chi connectivity index (χ0v) is 12.5. The van der Waals surface area contributed by atoms with Crippen LogP contribution in [0.15, 0.2) is 18.2 Å². The lowest BCUT2D eigenvalue weighted by molar-refractivity contribution is 0.174. The average molecular weight is 283 g/mol. The van der Waals surface area contributed by atoms with Crippen LogP contribution in [0.1, 0.15) is 31.9 Å². The number of benzene rings is 1. The van der Waals surface area contributed by atoms with Crippen molar-refractivity contribution in [3.05, 3.63) is 23.8 Å². The van der Waals surface area contributed by atoms with Gasteiger partial charge in [-0.05, 0) is 31.2 Å². The smallest absolute Gasteiger partial charge is 0.231 e. The van der Waals surface area contributed by atoms with Crippen LogP contribution in [0.3, 0.4) is 0 Å². The van der Waals surface area contributed by atoms with Gasteiger partial charge in [-0.1, -0.05) is 19.9 Å². The average Bonchev–Trinajstić information content (AvgIpc) is 2.90. The number of nitrogens with one attached hydrogen (secondary N) is 1. The van der Waals surface area contributed by atoms with Gasteiger partial charge < -0.3 is 14.8 Å². The quantitative estimate of drug-likeness (QED) is 0.869. The van der Waals surface area contributed by atoms with E-state index in [1.54, 1.807) is 0 Å². The summed E-state index contributed by atoms with van der Waals surface area (Å²) >= 11 is 0. The lowest BCUT2D eigenvalue weighted by Crippen LogP contribution is -2.26. The Hall–Kier alpha value is -1.07. The van der Waals surface area contributed by atoms with E-state index < -0.39 is 10.8 Å². The first-order valence-corrected chi connectivity index (χ1v) is 7.98. The van der Waals surface area contributed by atoms with Crippen LogP contribution < -0.4 is 14.8 Å². The first-order valence-electron chi connectivity index (χ1n) is 6.59. The minimum absolute atomic E-state index is 0.0735. The van der Waals surface area contributed by atoms with Crippen molar-refractivity contribution in [1.29, 1.82) is 0 Å². The molecular formula is C14H21NO3S. The maximum atomic E-state index is 12.2. The van der Waals surface area contributed by atoms with Crippen LogP contribution in [0.2, 0.25) is 0 Å². The van der Waals surface area contributed by atoms with Gasteiger partial charge in [0.1, 0.15) is 0 Å². The highest BCUT2D eigenvalue weighted by molar-refractivity contribution is 7.85. The predicted molar refractivity (Wildman–Crippen MR) is 77.1 cm³/mol. The molecule has 106 valence electrons. The summed E-state index contributed by atoms with van der Waals surface area (Å²) in [4.78, 5) is 0. The van der Waals surface area contributed by atoms with E-state index in [0.717, 1.165) is 23.5 Å². The van der Waals surface area contributed by atoms with Crippen molar-refractivity contribution in [2.45, 2.75) is 31.6 Å². The van der Waals surface area contributed by atoms with E-state index in [0.29, 0.717) is 5.75 Å². The first kappa shape index (κ1) is 14.3. The van der Waals surface area contributed by atoms with Gasteiger partial charge in [-0.25, -0.2) is 0 Å². The molecule has 0 bridgehead atoms. The Morgan fingerprint density at radius 3 is 2.79 bits per heavy atom. The molecule has 0 fully saturated rings. The number of ether oxygens (including phenoxy) is 2. The van der Waals surface area contributed by atoms with Gasteiger partial charge in [0.15, 0.2) is 11.5 Å². The van der Waals surface area contributed by atoms with Crippen LogP contribution in [0.25, 0.3) is 0 Å². The topological polar surface area (TPSA) is 47.6 Å². The minimum Gasteiger partial charge on any atom is -0.454 e. The summed E-state index contributed by atoms with van der Waals surface area (Å²) < 4.78 is 22.8. The Kier molecular flexibility index (Phi) is 4.82. The molecule has 0 aromatic heterocycles. The standard InChI is InChI=1S/C14H21NO3S/c1-4-10(2)19(16)8-12(15-3)11-5-6-13-14(7-11)18-9-17-13/h5-7,10,12,15H,4,8-9H2,1-3H3. The Bertz CT molecular complexity index is 464. The van der Waals surface area contributed by atoms with E-state index in [2.05, 4.69) is 12.2 Å². The zero-order valence-electron chi connectivity index (χ0n) is 11.6. The molecule has 1 aliphatic rings. The fourth-order valence-electron chi connectivity index (χ4n) is 1.99. The molecule has 0 saturated carbocycles. The highest BCUT2D eigenvalue weighted by atomic mass is 32.2. The molecule has 0 saturated heterocycles. The predicted octanol–water partition coefficient (Wildman–Crippen LogP) is 2.22. The van der Waals surface area contributed by atoms with Crippen LogP contribution >= 0.6 is 0 Å². The SMILES string of the molecule is CCC(C)S(=O)CC(NC)c1ccc2c(c1)OCO2. The third-order valence-corrected chi connectivity index (χ3v) is 5.39. The van der Waals surface area contributed by atoms with Crippen LogP contribution in [-0.2, 0) is 10.8 Å². The molecule has 1 aromatic carbocycles. The van der Waals surface area contributed by atoms with Gasteiger partial charge in [0.2, 0.25) is 6.79 Å². The fourth-order valence-corrected chi connectivity index (χ4v) is 3.38. The van der Waals surface area contributed by atoms with Crippen molar-refractivity contribution >= 4 is 10.8 Å². The molecule has 0 spiro atoms. The van der Waals surface area contributed by atoms with Crippen molar-refractivity contribution in [3.63, 3.8) is 0 Å². The van der Waals surface area contributed by atoms with Crippen molar-refractivity contribution in [2.24, 2.45) is 0 Å². The summed E-state index contributed by atoms with van der Waals surface area (Å²) in [6.07, 6.45) is 0.935. The van der Waals surface area contributed by atoms with E-state index in [9.17, 15) is 4.21 Å². The number of fused-ring (bicyclic) bond motifs is 1. The van der Waals surface area contributed by atoms with Gasteiger partial charge in [0, 0.05) is 27.8 Å². The first-order chi connectivity index (χ1) is 9.15. The second-order valence-electron chi connectivity index (χ2n) is 4.72. The Morgan fingerprint density at radius 1 is 1.37 bits per heavy atom. The van der Waals surface area contributed by atoms with Crippen molar-refractivity contribution in [2.75, 3.05) is 19.6 Å². The summed E-state index contributed by atoms with van der Waals surface area (Å²) in [7, 11) is 1.06. The van der Waals surface area contributed by atoms with Gasteiger partial charge in [-0.2, -0.15) is 0 Å². The molecule has 0 aliphatic carbocycles. The van der Waals surface area contributed by atoms with Crippen molar-refractivity contribution < 1.29 is 13.7 Å². The largest absolute Gasteiger partial charge is 0.454 e. The molecule has 1 N–H and O–H groups in total. The maximum Gasteiger partial charge on any atom is 0.231 e. The van der Waals surface area contributed by atoms with Crippen LogP contribution in [-0.4, -0.2) is 29.1 Å². The highest BCUT2D eigenvalue weighted by Crippen LogP contribution is 2.34. The Labute approximate surface area is 116 Å².